The van der Waals surface area contributed by atoms with Crippen molar-refractivity contribution < 1.29 is 4.39 Å². The molecule has 88 valence electrons. The second-order valence-electron chi connectivity index (χ2n) is 3.06. The Morgan fingerprint density at radius 1 is 0.944 bits per heavy atom. The van der Waals surface area contributed by atoms with Crippen molar-refractivity contribution in [2.45, 2.75) is 0 Å². The maximum absolute atomic E-state index is 12.1. The van der Waals surface area contributed by atoms with Gasteiger partial charge in [0.1, 0.15) is 29.3 Å². The Morgan fingerprint density at radius 3 is 1.89 bits per heavy atom. The molecule has 2 rings (SSSR count). The summed E-state index contributed by atoms with van der Waals surface area (Å²) in [5.74, 6) is -0.422. The highest BCUT2D eigenvalue weighted by Crippen LogP contribution is 1.98. The first-order valence-electron chi connectivity index (χ1n) is 4.79. The smallest absolute Gasteiger partial charge is 0.141 e. The third kappa shape index (κ3) is 4.25. The normalized spacial score (nSPS) is 8.39. The first-order chi connectivity index (χ1) is 8.65. The lowest BCUT2D eigenvalue weighted by Gasteiger charge is -1.87. The van der Waals surface area contributed by atoms with Crippen molar-refractivity contribution in [3.8, 4) is 12.1 Å². The summed E-state index contributed by atoms with van der Waals surface area (Å²) < 4.78 is 12.1. The van der Waals surface area contributed by atoms with Crippen molar-refractivity contribution in [1.82, 2.24) is 9.97 Å². The standard InChI is InChI=1S/C6H3FN2.C6H5N3/c7-5-1-2-6(3-8)9-4-5;7-3-6-2-1-5(8)4-9-6/h1-2,4H;1-2,4H,8H2. The zero-order chi connectivity index (χ0) is 13.4. The lowest BCUT2D eigenvalue weighted by Crippen LogP contribution is -1.86. The highest BCUT2D eigenvalue weighted by molar-refractivity contribution is 5.37. The Bertz CT molecular complexity index is 522. The predicted octanol–water partition coefficient (Wildman–Crippen LogP) is 1.63. The van der Waals surface area contributed by atoms with E-state index in [1.807, 2.05) is 6.07 Å². The number of rotatable bonds is 0. The van der Waals surface area contributed by atoms with E-state index in [-0.39, 0.29) is 5.69 Å². The van der Waals surface area contributed by atoms with E-state index >= 15 is 0 Å². The molecule has 0 radical (unpaired) electrons. The quantitative estimate of drug-likeness (QED) is 0.755. The van der Waals surface area contributed by atoms with Crippen LogP contribution in [0.1, 0.15) is 11.4 Å². The zero-order valence-corrected chi connectivity index (χ0v) is 9.21. The minimum absolute atomic E-state index is 0.233. The van der Waals surface area contributed by atoms with E-state index < -0.39 is 5.82 Å². The van der Waals surface area contributed by atoms with Gasteiger partial charge in [-0.1, -0.05) is 0 Å². The molecular weight excluding hydrogens is 233 g/mol. The number of nitriles is 2. The van der Waals surface area contributed by atoms with Gasteiger partial charge in [-0.3, -0.25) is 0 Å². The number of hydrogen-bond donors (Lipinski definition) is 1. The number of hydrogen-bond acceptors (Lipinski definition) is 5. The molecule has 5 nitrogen and oxygen atoms in total. The molecule has 0 amide bonds. The topological polar surface area (TPSA) is 99.4 Å². The molecule has 0 unspecified atom stereocenters. The molecule has 2 aromatic rings. The molecule has 0 aliphatic carbocycles. The molecule has 0 saturated carbocycles. The van der Waals surface area contributed by atoms with Gasteiger partial charge in [-0.25, -0.2) is 14.4 Å². The van der Waals surface area contributed by atoms with Gasteiger partial charge in [0.25, 0.3) is 0 Å². The molecule has 0 atom stereocenters. The summed E-state index contributed by atoms with van der Waals surface area (Å²) in [7, 11) is 0. The second-order valence-corrected chi connectivity index (χ2v) is 3.06. The SMILES string of the molecule is N#Cc1ccc(F)cn1.N#Cc1ccc(N)cn1. The largest absolute Gasteiger partial charge is 0.397 e. The van der Waals surface area contributed by atoms with E-state index in [1.165, 1.54) is 18.3 Å². The second kappa shape index (κ2) is 6.56. The number of halogens is 1. The van der Waals surface area contributed by atoms with Crippen LogP contribution in [0.25, 0.3) is 0 Å². The fraction of sp³-hybridized carbons (Fsp3) is 0. The van der Waals surface area contributed by atoms with Gasteiger partial charge in [-0.15, -0.1) is 0 Å². The molecule has 0 aliphatic rings. The number of nitrogens with zero attached hydrogens (tertiary/aromatic N) is 4. The number of pyridine rings is 2. The first kappa shape index (κ1) is 13.1. The molecule has 0 saturated heterocycles. The van der Waals surface area contributed by atoms with Crippen LogP contribution in [0.15, 0.2) is 36.7 Å². The fourth-order valence-corrected chi connectivity index (χ4v) is 0.913. The number of anilines is 1. The zero-order valence-electron chi connectivity index (χ0n) is 9.21. The van der Waals surface area contributed by atoms with Crippen LogP contribution in [0.4, 0.5) is 10.1 Å². The van der Waals surface area contributed by atoms with Crippen LogP contribution in [0.3, 0.4) is 0 Å². The van der Waals surface area contributed by atoms with Crippen molar-refractivity contribution in [2.75, 3.05) is 5.73 Å². The fourth-order valence-electron chi connectivity index (χ4n) is 0.913. The summed E-state index contributed by atoms with van der Waals surface area (Å²) in [6.45, 7) is 0. The summed E-state index contributed by atoms with van der Waals surface area (Å²) in [6.07, 6.45) is 2.47. The summed E-state index contributed by atoms with van der Waals surface area (Å²) in [5, 5.41) is 16.5. The lowest BCUT2D eigenvalue weighted by molar-refractivity contribution is 0.621. The van der Waals surface area contributed by atoms with Crippen molar-refractivity contribution in [2.24, 2.45) is 0 Å². The minimum Gasteiger partial charge on any atom is -0.397 e. The van der Waals surface area contributed by atoms with Gasteiger partial charge in [-0.2, -0.15) is 10.5 Å². The van der Waals surface area contributed by atoms with E-state index in [9.17, 15) is 4.39 Å². The first-order valence-corrected chi connectivity index (χ1v) is 4.79. The van der Waals surface area contributed by atoms with Crippen molar-refractivity contribution in [3.05, 3.63) is 53.9 Å². The van der Waals surface area contributed by atoms with Gasteiger partial charge < -0.3 is 5.73 Å². The average Bonchev–Trinajstić information content (AvgIpc) is 2.41. The van der Waals surface area contributed by atoms with Crippen molar-refractivity contribution >= 4 is 5.69 Å². The Kier molecular flexibility index (Phi) is 4.77. The average molecular weight is 241 g/mol. The van der Waals surface area contributed by atoms with Gasteiger partial charge >= 0.3 is 0 Å². The summed E-state index contributed by atoms with van der Waals surface area (Å²) >= 11 is 0. The molecule has 0 spiro atoms. The Labute approximate surface area is 103 Å². The minimum atomic E-state index is -0.422. The van der Waals surface area contributed by atoms with Crippen LogP contribution >= 0.6 is 0 Å². The van der Waals surface area contributed by atoms with Crippen LogP contribution in [0, 0.1) is 28.5 Å². The predicted molar refractivity (Wildman–Crippen MR) is 62.3 cm³/mol. The Morgan fingerprint density at radius 2 is 1.50 bits per heavy atom. The van der Waals surface area contributed by atoms with Crippen molar-refractivity contribution in [1.29, 1.82) is 10.5 Å². The Hall–Kier alpha value is -2.99. The molecule has 0 fully saturated rings. The maximum Gasteiger partial charge on any atom is 0.141 e. The molecule has 2 heterocycles. The maximum atomic E-state index is 12.1. The van der Waals surface area contributed by atoms with E-state index in [1.54, 1.807) is 18.2 Å². The van der Waals surface area contributed by atoms with Gasteiger partial charge in [0, 0.05) is 0 Å². The van der Waals surface area contributed by atoms with E-state index in [2.05, 4.69) is 9.97 Å². The number of nitrogens with two attached hydrogens (primary N) is 1. The third-order valence-electron chi connectivity index (χ3n) is 1.74. The summed E-state index contributed by atoms with van der Waals surface area (Å²) in [6, 6.07) is 9.42. The van der Waals surface area contributed by atoms with E-state index in [0.717, 1.165) is 6.20 Å². The summed E-state index contributed by atoms with van der Waals surface area (Å²) in [4.78, 5) is 7.17. The molecular formula is C12H8FN5. The molecule has 2 aromatic heterocycles. The highest BCUT2D eigenvalue weighted by Gasteiger charge is 1.89. The molecule has 6 heteroatoms. The highest BCUT2D eigenvalue weighted by atomic mass is 19.1. The monoisotopic (exact) mass is 241 g/mol. The van der Waals surface area contributed by atoms with Gasteiger partial charge in [0.2, 0.25) is 0 Å². The van der Waals surface area contributed by atoms with Crippen molar-refractivity contribution in [3.63, 3.8) is 0 Å². The number of aromatic nitrogens is 2. The van der Waals surface area contributed by atoms with Crippen LogP contribution in [-0.2, 0) is 0 Å². The summed E-state index contributed by atoms with van der Waals surface area (Å²) in [5.41, 5.74) is 6.51. The molecule has 0 bridgehead atoms. The van der Waals surface area contributed by atoms with E-state index in [4.69, 9.17) is 16.3 Å². The molecule has 0 aliphatic heterocycles. The van der Waals surface area contributed by atoms with Gasteiger partial charge in [0.05, 0.1) is 18.1 Å². The van der Waals surface area contributed by atoms with Crippen LogP contribution < -0.4 is 5.73 Å². The van der Waals surface area contributed by atoms with Gasteiger partial charge in [-0.05, 0) is 24.3 Å². The molecule has 18 heavy (non-hydrogen) atoms. The molecule has 2 N–H and O–H groups in total. The van der Waals surface area contributed by atoms with Crippen LogP contribution in [-0.4, -0.2) is 9.97 Å². The van der Waals surface area contributed by atoms with Crippen LogP contribution in [0.2, 0.25) is 0 Å². The van der Waals surface area contributed by atoms with Gasteiger partial charge in [0.15, 0.2) is 0 Å². The van der Waals surface area contributed by atoms with E-state index in [0.29, 0.717) is 11.4 Å². The number of nitrogen functional groups attached to an aromatic ring is 1. The molecule has 0 aromatic carbocycles. The third-order valence-corrected chi connectivity index (χ3v) is 1.74. The van der Waals surface area contributed by atoms with Crippen LogP contribution in [0.5, 0.6) is 0 Å². The Balaban J connectivity index is 0.000000180. The lowest BCUT2D eigenvalue weighted by atomic mass is 10.3.